The van der Waals surface area contributed by atoms with Gasteiger partial charge in [0.2, 0.25) is 0 Å². The van der Waals surface area contributed by atoms with Gasteiger partial charge in [0.15, 0.2) is 0 Å². The second kappa shape index (κ2) is 3.23. The molecule has 3 heteroatoms. The molecule has 0 bridgehead atoms. The van der Waals surface area contributed by atoms with Gasteiger partial charge in [-0.2, -0.15) is 0 Å². The van der Waals surface area contributed by atoms with Gasteiger partial charge in [0.25, 0.3) is 0 Å². The van der Waals surface area contributed by atoms with E-state index >= 15 is 0 Å². The Kier molecular flexibility index (Phi) is 2.72. The summed E-state index contributed by atoms with van der Waals surface area (Å²) < 4.78 is 0. The number of hydrogen-bond donors (Lipinski definition) is 3. The highest BCUT2D eigenvalue weighted by Crippen LogP contribution is 2.37. The zero-order valence-electron chi connectivity index (χ0n) is 8.62. The molecular formula is C10H20O3. The van der Waals surface area contributed by atoms with Crippen LogP contribution in [0.4, 0.5) is 0 Å². The smallest absolute Gasteiger partial charge is 0.0644 e. The largest absolute Gasteiger partial charge is 0.393 e. The van der Waals surface area contributed by atoms with Crippen LogP contribution in [0.3, 0.4) is 0 Å². The average molecular weight is 188 g/mol. The van der Waals surface area contributed by atoms with E-state index in [-0.39, 0.29) is 5.92 Å². The molecule has 1 aliphatic rings. The molecule has 1 saturated carbocycles. The topological polar surface area (TPSA) is 60.7 Å². The van der Waals surface area contributed by atoms with Crippen LogP contribution in [0, 0.1) is 5.92 Å². The maximum absolute atomic E-state index is 9.74. The van der Waals surface area contributed by atoms with E-state index in [9.17, 15) is 15.3 Å². The third-order valence-corrected chi connectivity index (χ3v) is 3.01. The van der Waals surface area contributed by atoms with Crippen molar-refractivity contribution in [2.24, 2.45) is 5.92 Å². The predicted octanol–water partition coefficient (Wildman–Crippen LogP) is 0.669. The van der Waals surface area contributed by atoms with Crippen LogP contribution in [0.1, 0.15) is 40.0 Å². The van der Waals surface area contributed by atoms with Crippen molar-refractivity contribution in [2.45, 2.75) is 57.3 Å². The van der Waals surface area contributed by atoms with Gasteiger partial charge in [-0.1, -0.05) is 0 Å². The molecule has 0 radical (unpaired) electrons. The molecule has 3 N–H and O–H groups in total. The standard InChI is InChI=1S/C10H20O3/c1-9(2,12)7-4-5-10(3,13)6-8(7)11/h7-8,11-13H,4-6H2,1-3H3/t7-,8-,10+/m1/s1. The Hall–Kier alpha value is -0.120. The summed E-state index contributed by atoms with van der Waals surface area (Å²) in [6.45, 7) is 5.15. The van der Waals surface area contributed by atoms with Crippen LogP contribution >= 0.6 is 0 Å². The van der Waals surface area contributed by atoms with E-state index < -0.39 is 17.3 Å². The molecule has 0 aromatic rings. The first kappa shape index (κ1) is 11.0. The van der Waals surface area contributed by atoms with Crippen molar-refractivity contribution < 1.29 is 15.3 Å². The van der Waals surface area contributed by atoms with Crippen LogP contribution in [-0.2, 0) is 0 Å². The number of aliphatic hydroxyl groups is 3. The summed E-state index contributed by atoms with van der Waals surface area (Å²) in [5, 5.41) is 29.1. The third kappa shape index (κ3) is 2.66. The molecular weight excluding hydrogens is 168 g/mol. The molecule has 1 aliphatic carbocycles. The van der Waals surface area contributed by atoms with Gasteiger partial charge < -0.3 is 15.3 Å². The van der Waals surface area contributed by atoms with Crippen LogP contribution < -0.4 is 0 Å². The predicted molar refractivity (Wildman–Crippen MR) is 50.3 cm³/mol. The lowest BCUT2D eigenvalue weighted by atomic mass is 9.71. The molecule has 0 heterocycles. The first-order valence-corrected chi connectivity index (χ1v) is 4.85. The Bertz CT molecular complexity index is 181. The summed E-state index contributed by atoms with van der Waals surface area (Å²) in [5.41, 5.74) is -1.61. The van der Waals surface area contributed by atoms with Gasteiger partial charge in [0.05, 0.1) is 17.3 Å². The lowest BCUT2D eigenvalue weighted by Crippen LogP contribution is -2.47. The number of rotatable bonds is 1. The van der Waals surface area contributed by atoms with Crippen molar-refractivity contribution in [3.05, 3.63) is 0 Å². The fourth-order valence-electron chi connectivity index (χ4n) is 2.18. The molecule has 78 valence electrons. The Labute approximate surface area is 79.4 Å². The minimum Gasteiger partial charge on any atom is -0.393 e. The van der Waals surface area contributed by atoms with Crippen molar-refractivity contribution in [3.8, 4) is 0 Å². The highest BCUT2D eigenvalue weighted by molar-refractivity contribution is 4.93. The van der Waals surface area contributed by atoms with Gasteiger partial charge in [0, 0.05) is 12.3 Å². The maximum atomic E-state index is 9.74. The summed E-state index contributed by atoms with van der Waals surface area (Å²) in [5.74, 6) is -0.118. The molecule has 13 heavy (non-hydrogen) atoms. The first-order valence-electron chi connectivity index (χ1n) is 4.85. The minimum absolute atomic E-state index is 0.118. The zero-order chi connectivity index (χ0) is 10.3. The number of aliphatic hydroxyl groups excluding tert-OH is 1. The molecule has 1 rings (SSSR count). The Morgan fingerprint density at radius 3 is 2.31 bits per heavy atom. The van der Waals surface area contributed by atoms with Crippen molar-refractivity contribution in [3.63, 3.8) is 0 Å². The Balaban J connectivity index is 2.64. The summed E-state index contributed by atoms with van der Waals surface area (Å²) in [7, 11) is 0. The van der Waals surface area contributed by atoms with Gasteiger partial charge in [0.1, 0.15) is 0 Å². The van der Waals surface area contributed by atoms with E-state index in [0.29, 0.717) is 19.3 Å². The molecule has 1 fully saturated rings. The Morgan fingerprint density at radius 1 is 1.38 bits per heavy atom. The normalized spacial score (nSPS) is 42.0. The molecule has 0 amide bonds. The summed E-state index contributed by atoms with van der Waals surface area (Å²) in [6.07, 6.45) is 1.10. The Morgan fingerprint density at radius 2 is 1.92 bits per heavy atom. The summed E-state index contributed by atoms with van der Waals surface area (Å²) in [6, 6.07) is 0. The lowest BCUT2D eigenvalue weighted by Gasteiger charge is -2.42. The second-order valence-corrected chi connectivity index (χ2v) is 5.07. The van der Waals surface area contributed by atoms with Gasteiger partial charge in [-0.05, 0) is 33.6 Å². The van der Waals surface area contributed by atoms with Gasteiger partial charge in [-0.15, -0.1) is 0 Å². The zero-order valence-corrected chi connectivity index (χ0v) is 8.62. The average Bonchev–Trinajstić information content (AvgIpc) is 1.80. The molecule has 3 nitrogen and oxygen atoms in total. The molecule has 0 unspecified atom stereocenters. The van der Waals surface area contributed by atoms with Crippen molar-refractivity contribution >= 4 is 0 Å². The molecule has 0 aromatic heterocycles. The highest BCUT2D eigenvalue weighted by atomic mass is 16.3. The minimum atomic E-state index is -0.851. The fourth-order valence-corrected chi connectivity index (χ4v) is 2.18. The first-order chi connectivity index (χ1) is 5.72. The van der Waals surface area contributed by atoms with Gasteiger partial charge in [-0.3, -0.25) is 0 Å². The molecule has 0 aliphatic heterocycles. The van der Waals surface area contributed by atoms with Crippen LogP contribution in [0.15, 0.2) is 0 Å². The van der Waals surface area contributed by atoms with Crippen molar-refractivity contribution in [1.82, 2.24) is 0 Å². The van der Waals surface area contributed by atoms with E-state index in [1.807, 2.05) is 0 Å². The third-order valence-electron chi connectivity index (χ3n) is 3.01. The van der Waals surface area contributed by atoms with E-state index in [1.54, 1.807) is 20.8 Å². The van der Waals surface area contributed by atoms with Crippen molar-refractivity contribution in [1.29, 1.82) is 0 Å². The van der Waals surface area contributed by atoms with E-state index in [4.69, 9.17) is 0 Å². The summed E-state index contributed by atoms with van der Waals surface area (Å²) >= 11 is 0. The van der Waals surface area contributed by atoms with Crippen LogP contribution in [0.2, 0.25) is 0 Å². The van der Waals surface area contributed by atoms with Gasteiger partial charge >= 0.3 is 0 Å². The van der Waals surface area contributed by atoms with Crippen LogP contribution in [-0.4, -0.2) is 32.6 Å². The SMILES string of the molecule is CC(C)(O)[C@@H]1CC[C@](C)(O)C[C@H]1O. The lowest BCUT2D eigenvalue weighted by molar-refractivity contribution is -0.115. The van der Waals surface area contributed by atoms with Crippen molar-refractivity contribution in [2.75, 3.05) is 0 Å². The molecule has 0 saturated heterocycles. The fraction of sp³-hybridized carbons (Fsp3) is 1.00. The molecule has 0 spiro atoms. The van der Waals surface area contributed by atoms with E-state index in [1.165, 1.54) is 0 Å². The monoisotopic (exact) mass is 188 g/mol. The molecule has 3 atom stereocenters. The van der Waals surface area contributed by atoms with E-state index in [0.717, 1.165) is 0 Å². The molecule has 0 aromatic carbocycles. The van der Waals surface area contributed by atoms with Crippen LogP contribution in [0.25, 0.3) is 0 Å². The quantitative estimate of drug-likeness (QED) is 0.567. The second-order valence-electron chi connectivity index (χ2n) is 5.07. The summed E-state index contributed by atoms with van der Waals surface area (Å²) in [4.78, 5) is 0. The van der Waals surface area contributed by atoms with Crippen LogP contribution in [0.5, 0.6) is 0 Å². The highest BCUT2D eigenvalue weighted by Gasteiger charge is 2.41. The maximum Gasteiger partial charge on any atom is 0.0644 e. The van der Waals surface area contributed by atoms with E-state index in [2.05, 4.69) is 0 Å². The number of hydrogen-bond acceptors (Lipinski definition) is 3. The van der Waals surface area contributed by atoms with Gasteiger partial charge in [-0.25, -0.2) is 0 Å².